The Morgan fingerprint density at radius 2 is 1.25 bits per heavy atom. The van der Waals surface area contributed by atoms with E-state index in [1.807, 2.05) is 0 Å². The van der Waals surface area contributed by atoms with Crippen LogP contribution < -0.4 is 0 Å². The van der Waals surface area contributed by atoms with Crippen LogP contribution in [0.1, 0.15) is 12.8 Å². The second kappa shape index (κ2) is 1.06. The Labute approximate surface area is 51.7 Å². The van der Waals surface area contributed by atoms with Gasteiger partial charge in [-0.05, 0) is 0 Å². The molecule has 2 aliphatic heterocycles. The molecule has 0 aliphatic carbocycles. The van der Waals surface area contributed by atoms with Gasteiger partial charge in [-0.15, -0.1) is 0 Å². The summed E-state index contributed by atoms with van der Waals surface area (Å²) >= 11 is 0. The Bertz CT molecular complexity index is 98.8. The maximum atomic E-state index is 2.65. The first-order valence-electron chi connectivity index (χ1n) is 3.91. The zero-order chi connectivity index (χ0) is 5.69. The fourth-order valence-electron chi connectivity index (χ4n) is 2.56. The van der Waals surface area contributed by atoms with Crippen molar-refractivity contribution in [1.29, 1.82) is 0 Å². The van der Waals surface area contributed by atoms with Gasteiger partial charge in [0.05, 0.1) is 0 Å². The molecule has 8 heavy (non-hydrogen) atoms. The molecular formula is C7H15Si-. The van der Waals surface area contributed by atoms with Gasteiger partial charge in [0, 0.05) is 0 Å². The van der Waals surface area contributed by atoms with Gasteiger partial charge in [-0.1, -0.05) is 0 Å². The van der Waals surface area contributed by atoms with Gasteiger partial charge >= 0.3 is 50.9 Å². The predicted molar refractivity (Wildman–Crippen MR) is 40.1 cm³/mol. The zero-order valence-electron chi connectivity index (χ0n) is 5.74. The summed E-state index contributed by atoms with van der Waals surface area (Å²) in [6.45, 7) is 2.65. The van der Waals surface area contributed by atoms with Crippen LogP contribution >= 0.6 is 0 Å². The molecule has 0 atom stereocenters. The summed E-state index contributed by atoms with van der Waals surface area (Å²) in [6, 6.07) is 6.72. The molecule has 2 fully saturated rings. The molecule has 0 unspecified atom stereocenters. The van der Waals surface area contributed by atoms with E-state index in [0.717, 1.165) is 0 Å². The zero-order valence-corrected chi connectivity index (χ0v) is 6.74. The molecule has 2 aliphatic rings. The first kappa shape index (κ1) is 5.04. The van der Waals surface area contributed by atoms with Gasteiger partial charge < -0.3 is 0 Å². The van der Waals surface area contributed by atoms with Crippen molar-refractivity contribution in [1.82, 2.24) is 0 Å². The first-order chi connectivity index (χ1) is 3.71. The van der Waals surface area contributed by atoms with Crippen molar-refractivity contribution in [2.45, 2.75) is 43.6 Å². The van der Waals surface area contributed by atoms with Crippen molar-refractivity contribution >= 4 is 7.35 Å². The molecule has 0 amide bonds. The fraction of sp³-hybridized carbons (Fsp3) is 1.00. The number of hydrogen-bond donors (Lipinski definition) is 0. The molecule has 2 rings (SSSR count). The van der Waals surface area contributed by atoms with Crippen LogP contribution in [0.2, 0.25) is 30.7 Å². The molecular weight excluding hydrogens is 112 g/mol. The molecule has 0 aromatic heterocycles. The Kier molecular flexibility index (Phi) is 0.668. The molecule has 0 N–H and O–H groups in total. The van der Waals surface area contributed by atoms with Crippen LogP contribution in [0.4, 0.5) is 0 Å². The summed E-state index contributed by atoms with van der Waals surface area (Å²) in [5.74, 6) is 0. The van der Waals surface area contributed by atoms with Gasteiger partial charge in [-0.3, -0.25) is 0 Å². The van der Waals surface area contributed by atoms with Crippen LogP contribution in [0, 0.1) is 0 Å². The normalized spacial score (nSPS) is 43.4. The second-order valence-electron chi connectivity index (χ2n) is 4.62. The van der Waals surface area contributed by atoms with Crippen molar-refractivity contribution in [3.63, 3.8) is 0 Å². The monoisotopic (exact) mass is 127 g/mol. The van der Waals surface area contributed by atoms with Crippen molar-refractivity contribution in [2.75, 3.05) is 0 Å². The Balaban J connectivity index is 2.17. The van der Waals surface area contributed by atoms with Crippen LogP contribution in [-0.4, -0.2) is 7.35 Å². The SMILES string of the molecule is C[Si-]12(CCC1)CCC2. The summed E-state index contributed by atoms with van der Waals surface area (Å²) in [5, 5.41) is 0. The standard InChI is InChI=1S/C7H15Si/c1-8(4-2-5-8)6-3-7-8/h2-7H2,1H3/q-1. The molecule has 0 aromatic carbocycles. The molecule has 48 valence electrons. The van der Waals surface area contributed by atoms with E-state index in [1.54, 1.807) is 37.0 Å². The average Bonchev–Trinajstić information content (AvgIpc) is 1.56. The summed E-state index contributed by atoms with van der Waals surface area (Å²) in [5.41, 5.74) is 0. The van der Waals surface area contributed by atoms with Gasteiger partial charge in [-0.25, -0.2) is 0 Å². The van der Waals surface area contributed by atoms with Gasteiger partial charge in [-0.2, -0.15) is 0 Å². The minimum atomic E-state index is -0.960. The van der Waals surface area contributed by atoms with Gasteiger partial charge in [0.25, 0.3) is 0 Å². The summed E-state index contributed by atoms with van der Waals surface area (Å²) in [4.78, 5) is 0. The van der Waals surface area contributed by atoms with Crippen LogP contribution in [-0.2, 0) is 0 Å². The Hall–Kier alpha value is 0.217. The van der Waals surface area contributed by atoms with Crippen LogP contribution in [0.5, 0.6) is 0 Å². The molecule has 0 nitrogen and oxygen atoms in total. The fourth-order valence-corrected chi connectivity index (χ4v) is 7.68. The van der Waals surface area contributed by atoms with Crippen LogP contribution in [0.3, 0.4) is 0 Å². The van der Waals surface area contributed by atoms with E-state index in [2.05, 4.69) is 6.55 Å². The van der Waals surface area contributed by atoms with E-state index in [0.29, 0.717) is 0 Å². The second-order valence-corrected chi connectivity index (χ2v) is 12.4. The summed E-state index contributed by atoms with van der Waals surface area (Å²) in [6.07, 6.45) is 3.15. The van der Waals surface area contributed by atoms with Gasteiger partial charge in [0.15, 0.2) is 0 Å². The third-order valence-corrected chi connectivity index (χ3v) is 11.5. The van der Waals surface area contributed by atoms with E-state index in [1.165, 1.54) is 0 Å². The van der Waals surface area contributed by atoms with Gasteiger partial charge in [0.1, 0.15) is 0 Å². The minimum absolute atomic E-state index is 0.960. The molecule has 0 bridgehead atoms. The third-order valence-electron chi connectivity index (χ3n) is 3.83. The first-order valence-corrected chi connectivity index (χ1v) is 7.74. The summed E-state index contributed by atoms with van der Waals surface area (Å²) < 4.78 is 0. The topological polar surface area (TPSA) is 0 Å². The average molecular weight is 127 g/mol. The van der Waals surface area contributed by atoms with Crippen molar-refractivity contribution in [2.24, 2.45) is 0 Å². The molecule has 1 spiro atoms. The van der Waals surface area contributed by atoms with Crippen molar-refractivity contribution in [3.8, 4) is 0 Å². The summed E-state index contributed by atoms with van der Waals surface area (Å²) in [7, 11) is -0.960. The van der Waals surface area contributed by atoms with E-state index < -0.39 is 7.35 Å². The third kappa shape index (κ3) is 0.414. The number of hydrogen-bond acceptors (Lipinski definition) is 0. The molecule has 0 aromatic rings. The Morgan fingerprint density at radius 3 is 1.25 bits per heavy atom. The molecule has 1 heteroatoms. The Morgan fingerprint density at radius 1 is 0.875 bits per heavy atom. The van der Waals surface area contributed by atoms with Gasteiger partial charge in [0.2, 0.25) is 0 Å². The van der Waals surface area contributed by atoms with Crippen LogP contribution in [0.15, 0.2) is 0 Å². The van der Waals surface area contributed by atoms with E-state index in [9.17, 15) is 0 Å². The van der Waals surface area contributed by atoms with E-state index in [-0.39, 0.29) is 0 Å². The van der Waals surface area contributed by atoms with Crippen molar-refractivity contribution < 1.29 is 0 Å². The maximum absolute atomic E-state index is 2.65. The predicted octanol–water partition coefficient (Wildman–Crippen LogP) is 2.83. The quantitative estimate of drug-likeness (QED) is 0.439. The van der Waals surface area contributed by atoms with Crippen molar-refractivity contribution in [3.05, 3.63) is 0 Å². The van der Waals surface area contributed by atoms with Crippen LogP contribution in [0.25, 0.3) is 0 Å². The van der Waals surface area contributed by atoms with E-state index >= 15 is 0 Å². The molecule has 2 heterocycles. The molecule has 0 radical (unpaired) electrons. The molecule has 2 saturated heterocycles. The number of rotatable bonds is 0. The van der Waals surface area contributed by atoms with E-state index in [4.69, 9.17) is 0 Å². The molecule has 0 saturated carbocycles.